The molecule has 1 heterocycles. The number of hydrogen-bond donors (Lipinski definition) is 3. The number of nitrogens with one attached hydrogen (secondary N) is 3. The summed E-state index contributed by atoms with van der Waals surface area (Å²) in [6, 6.07) is 6.52. The van der Waals surface area contributed by atoms with Crippen molar-refractivity contribution < 1.29 is 9.59 Å². The fraction of sp³-hybridized carbons (Fsp3) is 0.375. The van der Waals surface area contributed by atoms with Crippen molar-refractivity contribution in [3.8, 4) is 0 Å². The van der Waals surface area contributed by atoms with Gasteiger partial charge in [-0.15, -0.1) is 24.8 Å². The third-order valence-corrected chi connectivity index (χ3v) is 3.59. The number of aromatic nitrogens is 3. The molecule has 1 aromatic carbocycles. The van der Waals surface area contributed by atoms with Crippen LogP contribution in [0.2, 0.25) is 0 Å². The molecule has 2 rings (SSSR count). The van der Waals surface area contributed by atoms with E-state index in [1.54, 1.807) is 31.2 Å². The Bertz CT molecular complexity index is 679. The van der Waals surface area contributed by atoms with Crippen LogP contribution in [0.1, 0.15) is 19.9 Å². The normalized spacial score (nSPS) is 12.1. The standard InChI is InChI=1S/C16H22N6O2.2ClH/c1-11(8-17-3)15(23)20-13-4-6-14(7-5-13)21-16(24)12(2)22-10-18-9-19-22;;/h4-7,9-12,17H,8H2,1-3H3,(H,20,23)(H,21,24);2*1H. The Labute approximate surface area is 165 Å². The third kappa shape index (κ3) is 6.62. The smallest absolute Gasteiger partial charge is 0.249 e. The molecule has 144 valence electrons. The SMILES string of the molecule is CNCC(C)C(=O)Nc1ccc(NC(=O)C(C)n2cncn2)cc1.Cl.Cl. The number of amides is 2. The molecule has 0 aliphatic carbocycles. The van der Waals surface area contributed by atoms with Crippen LogP contribution in [0.4, 0.5) is 11.4 Å². The van der Waals surface area contributed by atoms with Crippen LogP contribution in [0.5, 0.6) is 0 Å². The molecule has 1 aromatic heterocycles. The van der Waals surface area contributed by atoms with Gasteiger partial charge in [-0.1, -0.05) is 6.92 Å². The molecule has 2 atom stereocenters. The first-order valence-electron chi connectivity index (χ1n) is 7.71. The molecule has 2 amide bonds. The molecule has 0 aliphatic heterocycles. The summed E-state index contributed by atoms with van der Waals surface area (Å²) in [7, 11) is 1.81. The van der Waals surface area contributed by atoms with Crippen molar-refractivity contribution in [3.05, 3.63) is 36.9 Å². The summed E-state index contributed by atoms with van der Waals surface area (Å²) in [5, 5.41) is 12.6. The molecule has 26 heavy (non-hydrogen) atoms. The zero-order valence-electron chi connectivity index (χ0n) is 14.8. The Morgan fingerprint density at radius 1 is 1.04 bits per heavy atom. The predicted molar refractivity (Wildman–Crippen MR) is 106 cm³/mol. The van der Waals surface area contributed by atoms with E-state index in [9.17, 15) is 9.59 Å². The molecule has 2 aromatic rings. The third-order valence-electron chi connectivity index (χ3n) is 3.59. The van der Waals surface area contributed by atoms with Crippen molar-refractivity contribution >= 4 is 48.0 Å². The Balaban J connectivity index is 0.00000312. The molecular formula is C16H24Cl2N6O2. The zero-order chi connectivity index (χ0) is 17.5. The topological polar surface area (TPSA) is 101 Å². The van der Waals surface area contributed by atoms with Gasteiger partial charge < -0.3 is 16.0 Å². The van der Waals surface area contributed by atoms with E-state index in [4.69, 9.17) is 0 Å². The summed E-state index contributed by atoms with van der Waals surface area (Å²) < 4.78 is 1.48. The van der Waals surface area contributed by atoms with Crippen molar-refractivity contribution in [3.63, 3.8) is 0 Å². The molecular weight excluding hydrogens is 379 g/mol. The molecule has 0 fully saturated rings. The minimum atomic E-state index is -0.464. The Hall–Kier alpha value is -2.16. The van der Waals surface area contributed by atoms with E-state index in [2.05, 4.69) is 26.0 Å². The summed E-state index contributed by atoms with van der Waals surface area (Å²) in [5.74, 6) is -0.376. The molecule has 2 unspecified atom stereocenters. The maximum absolute atomic E-state index is 12.2. The van der Waals surface area contributed by atoms with Crippen LogP contribution in [-0.2, 0) is 9.59 Å². The highest BCUT2D eigenvalue weighted by molar-refractivity contribution is 5.95. The predicted octanol–water partition coefficient (Wildman–Crippen LogP) is 2.12. The molecule has 0 saturated heterocycles. The summed E-state index contributed by atoms with van der Waals surface area (Å²) in [6.07, 6.45) is 2.88. The first-order valence-corrected chi connectivity index (χ1v) is 7.71. The van der Waals surface area contributed by atoms with Crippen molar-refractivity contribution in [1.82, 2.24) is 20.1 Å². The average molecular weight is 403 g/mol. The lowest BCUT2D eigenvalue weighted by Crippen LogP contribution is -2.28. The largest absolute Gasteiger partial charge is 0.326 e. The number of halogens is 2. The van der Waals surface area contributed by atoms with Crippen molar-refractivity contribution in [2.75, 3.05) is 24.2 Å². The van der Waals surface area contributed by atoms with Crippen LogP contribution >= 0.6 is 24.8 Å². The number of anilines is 2. The van der Waals surface area contributed by atoms with E-state index in [0.29, 0.717) is 17.9 Å². The van der Waals surface area contributed by atoms with Gasteiger partial charge in [0.25, 0.3) is 0 Å². The second-order valence-electron chi connectivity index (χ2n) is 5.57. The van der Waals surface area contributed by atoms with Crippen LogP contribution in [0, 0.1) is 5.92 Å². The Kier molecular flexibility index (Phi) is 10.5. The number of carbonyl (C=O) groups excluding carboxylic acids is 2. The van der Waals surface area contributed by atoms with Gasteiger partial charge in [-0.2, -0.15) is 5.10 Å². The summed E-state index contributed by atoms with van der Waals surface area (Å²) >= 11 is 0. The van der Waals surface area contributed by atoms with E-state index in [0.717, 1.165) is 0 Å². The Morgan fingerprint density at radius 3 is 2.04 bits per heavy atom. The molecule has 0 spiro atoms. The number of nitrogens with zero attached hydrogens (tertiary/aromatic N) is 3. The first-order chi connectivity index (χ1) is 11.5. The molecule has 10 heteroatoms. The number of carbonyl (C=O) groups is 2. The highest BCUT2D eigenvalue weighted by Crippen LogP contribution is 2.16. The number of rotatable bonds is 7. The zero-order valence-corrected chi connectivity index (χ0v) is 16.4. The van der Waals surface area contributed by atoms with Gasteiger partial charge in [0.05, 0.1) is 0 Å². The summed E-state index contributed by atoms with van der Waals surface area (Å²) in [5.41, 5.74) is 1.33. The van der Waals surface area contributed by atoms with Gasteiger partial charge in [0.1, 0.15) is 18.7 Å². The van der Waals surface area contributed by atoms with Gasteiger partial charge in [-0.25, -0.2) is 9.67 Å². The fourth-order valence-electron chi connectivity index (χ4n) is 2.09. The van der Waals surface area contributed by atoms with Crippen LogP contribution in [-0.4, -0.2) is 40.2 Å². The monoisotopic (exact) mass is 402 g/mol. The van der Waals surface area contributed by atoms with Gasteiger partial charge in [0, 0.05) is 23.8 Å². The van der Waals surface area contributed by atoms with E-state index < -0.39 is 6.04 Å². The first kappa shape index (κ1) is 23.8. The number of hydrogen-bond acceptors (Lipinski definition) is 5. The number of benzene rings is 1. The van der Waals surface area contributed by atoms with Gasteiger partial charge in [0.15, 0.2) is 0 Å². The van der Waals surface area contributed by atoms with Gasteiger partial charge in [-0.05, 0) is 38.2 Å². The lowest BCUT2D eigenvalue weighted by Gasteiger charge is -2.14. The van der Waals surface area contributed by atoms with Gasteiger partial charge in [-0.3, -0.25) is 9.59 Å². The van der Waals surface area contributed by atoms with Gasteiger partial charge >= 0.3 is 0 Å². The molecule has 8 nitrogen and oxygen atoms in total. The van der Waals surface area contributed by atoms with Crippen LogP contribution in [0.3, 0.4) is 0 Å². The van der Waals surface area contributed by atoms with E-state index in [1.165, 1.54) is 17.3 Å². The second kappa shape index (κ2) is 11.5. The van der Waals surface area contributed by atoms with E-state index in [1.807, 2.05) is 14.0 Å². The second-order valence-corrected chi connectivity index (χ2v) is 5.57. The van der Waals surface area contributed by atoms with Crippen molar-refractivity contribution in [2.24, 2.45) is 5.92 Å². The highest BCUT2D eigenvalue weighted by atomic mass is 35.5. The molecule has 3 N–H and O–H groups in total. The lowest BCUT2D eigenvalue weighted by atomic mass is 10.1. The maximum atomic E-state index is 12.2. The fourth-order valence-corrected chi connectivity index (χ4v) is 2.09. The Morgan fingerprint density at radius 2 is 1.58 bits per heavy atom. The van der Waals surface area contributed by atoms with Crippen LogP contribution in [0.15, 0.2) is 36.9 Å². The summed E-state index contributed by atoms with van der Waals surface area (Å²) in [4.78, 5) is 27.9. The van der Waals surface area contributed by atoms with Gasteiger partial charge in [0.2, 0.25) is 11.8 Å². The quantitative estimate of drug-likeness (QED) is 0.658. The minimum absolute atomic E-state index is 0. The van der Waals surface area contributed by atoms with E-state index in [-0.39, 0.29) is 42.5 Å². The maximum Gasteiger partial charge on any atom is 0.249 e. The molecule has 0 aliphatic rings. The summed E-state index contributed by atoms with van der Waals surface area (Å²) in [6.45, 7) is 4.20. The molecule has 0 bridgehead atoms. The lowest BCUT2D eigenvalue weighted by molar-refractivity contribution is -0.120. The molecule has 0 radical (unpaired) electrons. The highest BCUT2D eigenvalue weighted by Gasteiger charge is 2.16. The average Bonchev–Trinajstić information content (AvgIpc) is 3.10. The van der Waals surface area contributed by atoms with E-state index >= 15 is 0 Å². The van der Waals surface area contributed by atoms with Crippen molar-refractivity contribution in [2.45, 2.75) is 19.9 Å². The minimum Gasteiger partial charge on any atom is -0.326 e. The van der Waals surface area contributed by atoms with Crippen LogP contribution < -0.4 is 16.0 Å². The van der Waals surface area contributed by atoms with Crippen LogP contribution in [0.25, 0.3) is 0 Å². The van der Waals surface area contributed by atoms with Crippen molar-refractivity contribution in [1.29, 1.82) is 0 Å². The molecule has 0 saturated carbocycles.